The van der Waals surface area contributed by atoms with Gasteiger partial charge in [0.05, 0.1) is 0 Å². The Hall–Kier alpha value is -1.48. The van der Waals surface area contributed by atoms with Crippen molar-refractivity contribution in [2.24, 2.45) is 0 Å². The van der Waals surface area contributed by atoms with Crippen LogP contribution in [0.3, 0.4) is 0 Å². The summed E-state index contributed by atoms with van der Waals surface area (Å²) in [6, 6.07) is 3.34. The summed E-state index contributed by atoms with van der Waals surface area (Å²) in [5.74, 6) is 0.788. The molecule has 1 saturated heterocycles. The van der Waals surface area contributed by atoms with Gasteiger partial charge in [-0.25, -0.2) is 4.39 Å². The van der Waals surface area contributed by atoms with Crippen LogP contribution in [0.2, 0.25) is 5.02 Å². The van der Waals surface area contributed by atoms with Gasteiger partial charge in [-0.05, 0) is 37.1 Å². The lowest BCUT2D eigenvalue weighted by atomic mass is 10.1. The highest BCUT2D eigenvalue weighted by atomic mass is 35.5. The van der Waals surface area contributed by atoms with Gasteiger partial charge in [0.25, 0.3) is 0 Å². The number of allylic oxidation sites excluding steroid dienone is 3. The molecule has 0 saturated carbocycles. The average molecular weight is 295 g/mol. The minimum atomic E-state index is -0.231. The van der Waals surface area contributed by atoms with Crippen LogP contribution in [0.4, 0.5) is 4.39 Å². The SMILES string of the molecule is CC/C=C/C=C1\NCCN1Cc1c(F)cc(C)cc1Cl. The molecule has 0 aromatic heterocycles. The maximum atomic E-state index is 14.0. The molecule has 0 spiro atoms. The molecule has 108 valence electrons. The first kappa shape index (κ1) is 14.9. The van der Waals surface area contributed by atoms with Gasteiger partial charge < -0.3 is 10.2 Å². The maximum absolute atomic E-state index is 14.0. The van der Waals surface area contributed by atoms with Crippen molar-refractivity contribution in [1.29, 1.82) is 0 Å². The van der Waals surface area contributed by atoms with E-state index in [9.17, 15) is 4.39 Å². The first-order valence-electron chi connectivity index (χ1n) is 6.92. The summed E-state index contributed by atoms with van der Waals surface area (Å²) in [5.41, 5.74) is 1.41. The fourth-order valence-corrected chi connectivity index (χ4v) is 2.57. The second kappa shape index (κ2) is 6.80. The van der Waals surface area contributed by atoms with Gasteiger partial charge in [-0.1, -0.05) is 30.7 Å². The van der Waals surface area contributed by atoms with Crippen molar-refractivity contribution in [3.8, 4) is 0 Å². The Labute approximate surface area is 124 Å². The van der Waals surface area contributed by atoms with Crippen molar-refractivity contribution in [2.75, 3.05) is 13.1 Å². The minimum absolute atomic E-state index is 0.231. The van der Waals surface area contributed by atoms with Gasteiger partial charge in [0.1, 0.15) is 11.6 Å². The van der Waals surface area contributed by atoms with E-state index in [-0.39, 0.29) is 5.82 Å². The molecule has 1 aliphatic rings. The van der Waals surface area contributed by atoms with E-state index in [2.05, 4.69) is 23.2 Å². The first-order valence-corrected chi connectivity index (χ1v) is 7.29. The third kappa shape index (κ3) is 3.54. The van der Waals surface area contributed by atoms with Crippen LogP contribution in [0.5, 0.6) is 0 Å². The molecule has 1 fully saturated rings. The summed E-state index contributed by atoms with van der Waals surface area (Å²) < 4.78 is 14.0. The molecular formula is C16H20ClFN2. The zero-order chi connectivity index (χ0) is 14.5. The molecule has 1 N–H and O–H groups in total. The van der Waals surface area contributed by atoms with Gasteiger partial charge in [-0.2, -0.15) is 0 Å². The average Bonchev–Trinajstić information content (AvgIpc) is 2.81. The van der Waals surface area contributed by atoms with Crippen LogP contribution < -0.4 is 5.32 Å². The Kier molecular flexibility index (Phi) is 5.07. The van der Waals surface area contributed by atoms with E-state index >= 15 is 0 Å². The van der Waals surface area contributed by atoms with Crippen LogP contribution in [-0.4, -0.2) is 18.0 Å². The lowest BCUT2D eigenvalue weighted by molar-refractivity contribution is 0.380. The summed E-state index contributed by atoms with van der Waals surface area (Å²) in [5, 5.41) is 3.80. The normalized spacial score (nSPS) is 17.2. The third-order valence-corrected chi connectivity index (χ3v) is 3.63. The van der Waals surface area contributed by atoms with E-state index in [4.69, 9.17) is 11.6 Å². The molecule has 0 amide bonds. The summed E-state index contributed by atoms with van der Waals surface area (Å²) in [6.07, 6.45) is 7.14. The second-order valence-electron chi connectivity index (χ2n) is 4.94. The van der Waals surface area contributed by atoms with Gasteiger partial charge in [-0.15, -0.1) is 0 Å². The molecule has 0 aliphatic carbocycles. The Morgan fingerprint density at radius 2 is 2.25 bits per heavy atom. The number of benzene rings is 1. The lowest BCUT2D eigenvalue weighted by Gasteiger charge is -2.20. The van der Waals surface area contributed by atoms with E-state index in [0.29, 0.717) is 17.1 Å². The molecule has 2 rings (SSSR count). The number of rotatable bonds is 4. The number of nitrogens with zero attached hydrogens (tertiary/aromatic N) is 1. The molecule has 0 radical (unpaired) electrons. The highest BCUT2D eigenvalue weighted by Crippen LogP contribution is 2.24. The van der Waals surface area contributed by atoms with Crippen molar-refractivity contribution in [3.05, 3.63) is 58.1 Å². The van der Waals surface area contributed by atoms with E-state index in [1.54, 1.807) is 0 Å². The third-order valence-electron chi connectivity index (χ3n) is 3.29. The van der Waals surface area contributed by atoms with E-state index in [1.807, 2.05) is 25.1 Å². The van der Waals surface area contributed by atoms with Crippen LogP contribution in [-0.2, 0) is 6.54 Å². The standard InChI is InChI=1S/C16H20ClFN2/c1-3-4-5-6-16-19-7-8-20(16)11-13-14(17)9-12(2)10-15(13)18/h4-6,9-10,19H,3,7-8,11H2,1-2H3/b5-4+,16-6+. The Morgan fingerprint density at radius 3 is 2.95 bits per heavy atom. The smallest absolute Gasteiger partial charge is 0.129 e. The molecule has 0 atom stereocenters. The van der Waals surface area contributed by atoms with Gasteiger partial charge in [0, 0.05) is 30.2 Å². The Bertz CT molecular complexity index is 514. The molecule has 1 heterocycles. The van der Waals surface area contributed by atoms with Crippen LogP contribution in [0.1, 0.15) is 24.5 Å². The molecular weight excluding hydrogens is 275 g/mol. The lowest BCUT2D eigenvalue weighted by Crippen LogP contribution is -2.20. The van der Waals surface area contributed by atoms with Gasteiger partial charge in [-0.3, -0.25) is 0 Å². The number of nitrogens with one attached hydrogen (secondary N) is 1. The van der Waals surface area contributed by atoms with Crippen LogP contribution >= 0.6 is 11.6 Å². The highest BCUT2D eigenvalue weighted by molar-refractivity contribution is 6.31. The molecule has 1 aromatic rings. The van der Waals surface area contributed by atoms with Crippen molar-refractivity contribution in [2.45, 2.75) is 26.8 Å². The fraction of sp³-hybridized carbons (Fsp3) is 0.375. The molecule has 0 bridgehead atoms. The van der Waals surface area contributed by atoms with Gasteiger partial charge >= 0.3 is 0 Å². The quantitative estimate of drug-likeness (QED) is 0.903. The fourth-order valence-electron chi connectivity index (χ4n) is 2.25. The largest absolute Gasteiger partial charge is 0.370 e. The van der Waals surface area contributed by atoms with E-state index in [0.717, 1.165) is 30.9 Å². The summed E-state index contributed by atoms with van der Waals surface area (Å²) in [6.45, 7) is 6.16. The number of halogens is 2. The van der Waals surface area contributed by atoms with Crippen LogP contribution in [0.15, 0.2) is 36.2 Å². The molecule has 2 nitrogen and oxygen atoms in total. The van der Waals surface area contributed by atoms with Crippen molar-refractivity contribution >= 4 is 11.6 Å². The molecule has 4 heteroatoms. The first-order chi connectivity index (χ1) is 9.61. The summed E-state index contributed by atoms with van der Waals surface area (Å²) >= 11 is 6.17. The molecule has 1 aliphatic heterocycles. The number of aryl methyl sites for hydroxylation is 1. The predicted octanol–water partition coefficient (Wildman–Crippen LogP) is 4.00. The van der Waals surface area contributed by atoms with Gasteiger partial charge in [0.2, 0.25) is 0 Å². The van der Waals surface area contributed by atoms with Crippen LogP contribution in [0, 0.1) is 12.7 Å². The topological polar surface area (TPSA) is 15.3 Å². The van der Waals surface area contributed by atoms with Gasteiger partial charge in [0.15, 0.2) is 0 Å². The molecule has 20 heavy (non-hydrogen) atoms. The zero-order valence-corrected chi connectivity index (χ0v) is 12.7. The predicted molar refractivity (Wildman–Crippen MR) is 82.1 cm³/mol. The van der Waals surface area contributed by atoms with Crippen molar-refractivity contribution < 1.29 is 4.39 Å². The second-order valence-corrected chi connectivity index (χ2v) is 5.35. The Morgan fingerprint density at radius 1 is 1.45 bits per heavy atom. The number of hydrogen-bond acceptors (Lipinski definition) is 2. The van der Waals surface area contributed by atoms with Crippen molar-refractivity contribution in [3.63, 3.8) is 0 Å². The minimum Gasteiger partial charge on any atom is -0.370 e. The zero-order valence-electron chi connectivity index (χ0n) is 11.9. The molecule has 1 aromatic carbocycles. The number of hydrogen-bond donors (Lipinski definition) is 1. The monoisotopic (exact) mass is 294 g/mol. The van der Waals surface area contributed by atoms with Crippen molar-refractivity contribution in [1.82, 2.24) is 10.2 Å². The maximum Gasteiger partial charge on any atom is 0.129 e. The van der Waals surface area contributed by atoms with E-state index < -0.39 is 0 Å². The summed E-state index contributed by atoms with van der Waals surface area (Å²) in [4.78, 5) is 2.11. The molecule has 0 unspecified atom stereocenters. The van der Waals surface area contributed by atoms with E-state index in [1.165, 1.54) is 6.07 Å². The Balaban J connectivity index is 2.17. The van der Waals surface area contributed by atoms with Crippen LogP contribution in [0.25, 0.3) is 0 Å². The highest BCUT2D eigenvalue weighted by Gasteiger charge is 2.19. The summed E-state index contributed by atoms with van der Waals surface area (Å²) in [7, 11) is 0.